The van der Waals surface area contributed by atoms with Gasteiger partial charge in [-0.2, -0.15) is 0 Å². The van der Waals surface area contributed by atoms with E-state index in [-0.39, 0.29) is 53.5 Å². The second kappa shape index (κ2) is 10.6. The van der Waals surface area contributed by atoms with Gasteiger partial charge in [-0.1, -0.05) is 36.2 Å². The van der Waals surface area contributed by atoms with E-state index < -0.39 is 0 Å². The van der Waals surface area contributed by atoms with Crippen LogP contribution in [-0.2, 0) is 9.59 Å². The molecule has 10 heteroatoms. The zero-order valence-electron chi connectivity index (χ0n) is 24.1. The summed E-state index contributed by atoms with van der Waals surface area (Å²) in [6, 6.07) is 5.92. The minimum absolute atomic E-state index is 0.0316. The molecule has 7 unspecified atom stereocenters. The van der Waals surface area contributed by atoms with Crippen molar-refractivity contribution in [3.8, 4) is 0 Å². The Labute approximate surface area is 252 Å². The molecule has 0 N–H and O–H groups in total. The Kier molecular flexibility index (Phi) is 7.18. The van der Waals surface area contributed by atoms with Crippen molar-refractivity contribution in [3.05, 3.63) is 28.2 Å². The molecule has 222 valence electrons. The van der Waals surface area contributed by atoms with E-state index in [1.54, 1.807) is 4.90 Å². The Morgan fingerprint density at radius 3 is 2.27 bits per heavy atom. The summed E-state index contributed by atoms with van der Waals surface area (Å²) in [4.78, 5) is 50.8. The molecule has 1 aromatic rings. The van der Waals surface area contributed by atoms with Crippen LogP contribution in [0.15, 0.2) is 18.2 Å². The van der Waals surface area contributed by atoms with E-state index in [0.29, 0.717) is 28.4 Å². The number of fused-ring (bicyclic) bond motifs is 5. The third-order valence-electron chi connectivity index (χ3n) is 11.4. The van der Waals surface area contributed by atoms with Gasteiger partial charge in [0.1, 0.15) is 0 Å². The number of carbonyl (C=O) groups excluding carboxylic acids is 3. The number of hydrogen-bond acceptors (Lipinski definition) is 5. The van der Waals surface area contributed by atoms with Gasteiger partial charge in [0, 0.05) is 65.4 Å². The van der Waals surface area contributed by atoms with Crippen molar-refractivity contribution in [2.45, 2.75) is 38.6 Å². The number of piperazine rings is 1. The van der Waals surface area contributed by atoms with Crippen LogP contribution in [0.3, 0.4) is 0 Å². The molecule has 3 saturated heterocycles. The predicted molar refractivity (Wildman–Crippen MR) is 159 cm³/mol. The third-order valence-corrected chi connectivity index (χ3v) is 12.2. The standard InChI is InChI=1S/C31H41Cl2N5O3/c1-18-21-15-22(28(18)34(2)31(41)37-8-3-4-9-37)26-25(21)29(39)38(30(26)40)17-20-14-19(20)16-35-10-12-36(13-11-35)24-7-5-6-23(32)27(24)33/h5-7,18-22,25-26,28H,3-4,8-17H2,1-2H3/t18?,19?,20-,21?,22?,25?,26?,28?/m1/s1. The number of benzene rings is 1. The third kappa shape index (κ3) is 4.63. The normalized spacial score (nSPS) is 36.4. The monoisotopic (exact) mass is 601 g/mol. The van der Waals surface area contributed by atoms with Crippen LogP contribution < -0.4 is 4.90 Å². The second-order valence-electron chi connectivity index (χ2n) is 13.5. The van der Waals surface area contributed by atoms with E-state index in [1.807, 2.05) is 35.0 Å². The Balaban J connectivity index is 0.936. The molecule has 41 heavy (non-hydrogen) atoms. The van der Waals surface area contributed by atoms with E-state index >= 15 is 0 Å². The fourth-order valence-corrected chi connectivity index (χ4v) is 9.54. The van der Waals surface area contributed by atoms with Gasteiger partial charge in [0.15, 0.2) is 0 Å². The van der Waals surface area contributed by atoms with Gasteiger partial charge in [0.2, 0.25) is 11.8 Å². The van der Waals surface area contributed by atoms with Crippen LogP contribution in [0.5, 0.6) is 0 Å². The van der Waals surface area contributed by atoms with E-state index in [9.17, 15) is 14.4 Å². The summed E-state index contributed by atoms with van der Waals surface area (Å²) in [6.45, 7) is 9.15. The topological polar surface area (TPSA) is 67.4 Å². The molecular weight excluding hydrogens is 561 g/mol. The van der Waals surface area contributed by atoms with Crippen molar-refractivity contribution in [2.24, 2.45) is 41.4 Å². The summed E-state index contributed by atoms with van der Waals surface area (Å²) in [5, 5.41) is 1.21. The fraction of sp³-hybridized carbons (Fsp3) is 0.710. The molecule has 3 saturated carbocycles. The largest absolute Gasteiger partial charge is 0.368 e. The number of amides is 4. The maximum Gasteiger partial charge on any atom is 0.320 e. The van der Waals surface area contributed by atoms with Crippen molar-refractivity contribution in [2.75, 3.05) is 64.3 Å². The van der Waals surface area contributed by atoms with Gasteiger partial charge in [-0.25, -0.2) is 4.79 Å². The Hall–Kier alpha value is -2.03. The van der Waals surface area contributed by atoms with Crippen LogP contribution in [-0.4, -0.2) is 103 Å². The number of hydrogen-bond donors (Lipinski definition) is 0. The average Bonchev–Trinajstić information content (AvgIpc) is 3.35. The molecule has 1 aromatic carbocycles. The second-order valence-corrected chi connectivity index (χ2v) is 14.2. The molecular formula is C31H41Cl2N5O3. The number of anilines is 1. The number of nitrogens with zero attached hydrogens (tertiary/aromatic N) is 5. The molecule has 4 amide bonds. The molecule has 6 aliphatic rings. The van der Waals surface area contributed by atoms with Gasteiger partial charge in [0.05, 0.1) is 27.6 Å². The minimum atomic E-state index is -0.244. The van der Waals surface area contributed by atoms with Crippen LogP contribution >= 0.6 is 23.2 Å². The number of imide groups is 1. The van der Waals surface area contributed by atoms with Gasteiger partial charge < -0.3 is 14.7 Å². The number of urea groups is 1. The van der Waals surface area contributed by atoms with Crippen LogP contribution in [0.4, 0.5) is 10.5 Å². The van der Waals surface area contributed by atoms with Crippen molar-refractivity contribution >= 4 is 46.7 Å². The highest BCUT2D eigenvalue weighted by Gasteiger charge is 2.67. The highest BCUT2D eigenvalue weighted by molar-refractivity contribution is 6.43. The highest BCUT2D eigenvalue weighted by atomic mass is 35.5. The van der Waals surface area contributed by atoms with E-state index in [0.717, 1.165) is 77.2 Å². The van der Waals surface area contributed by atoms with Gasteiger partial charge in [-0.3, -0.25) is 19.4 Å². The maximum absolute atomic E-state index is 13.7. The lowest BCUT2D eigenvalue weighted by Crippen LogP contribution is -2.52. The summed E-state index contributed by atoms with van der Waals surface area (Å²) in [5.41, 5.74) is 0.997. The van der Waals surface area contributed by atoms with Gasteiger partial charge in [-0.15, -0.1) is 0 Å². The van der Waals surface area contributed by atoms with E-state index in [4.69, 9.17) is 23.2 Å². The molecule has 3 aliphatic carbocycles. The average molecular weight is 603 g/mol. The summed E-state index contributed by atoms with van der Waals surface area (Å²) < 4.78 is 0. The highest BCUT2D eigenvalue weighted by Crippen LogP contribution is 2.60. The molecule has 0 radical (unpaired) electrons. The predicted octanol–water partition coefficient (Wildman–Crippen LogP) is 4.15. The molecule has 8 nitrogen and oxygen atoms in total. The summed E-state index contributed by atoms with van der Waals surface area (Å²) in [7, 11) is 1.91. The Morgan fingerprint density at radius 1 is 0.902 bits per heavy atom. The molecule has 3 aliphatic heterocycles. The molecule has 3 heterocycles. The maximum atomic E-state index is 13.7. The molecule has 7 rings (SSSR count). The Bertz CT molecular complexity index is 1230. The van der Waals surface area contributed by atoms with Crippen molar-refractivity contribution < 1.29 is 14.4 Å². The lowest BCUT2D eigenvalue weighted by atomic mass is 9.72. The summed E-state index contributed by atoms with van der Waals surface area (Å²) >= 11 is 12.7. The zero-order chi connectivity index (χ0) is 28.6. The number of carbonyl (C=O) groups is 3. The molecule has 0 aromatic heterocycles. The first-order valence-electron chi connectivity index (χ1n) is 15.5. The van der Waals surface area contributed by atoms with Crippen LogP contribution in [0.1, 0.15) is 32.6 Å². The smallest absolute Gasteiger partial charge is 0.320 e. The van der Waals surface area contributed by atoms with E-state index in [1.165, 1.54) is 0 Å². The summed E-state index contributed by atoms with van der Waals surface area (Å²) in [5.74, 6) is 1.12. The fourth-order valence-electron chi connectivity index (χ4n) is 9.13. The van der Waals surface area contributed by atoms with Crippen molar-refractivity contribution in [1.82, 2.24) is 19.6 Å². The lowest BCUT2D eigenvalue weighted by molar-refractivity contribution is -0.141. The first-order chi connectivity index (χ1) is 19.7. The molecule has 2 bridgehead atoms. The van der Waals surface area contributed by atoms with Crippen LogP contribution in [0.2, 0.25) is 10.0 Å². The van der Waals surface area contributed by atoms with Crippen LogP contribution in [0.25, 0.3) is 0 Å². The van der Waals surface area contributed by atoms with Crippen LogP contribution in [0, 0.1) is 41.4 Å². The first-order valence-corrected chi connectivity index (χ1v) is 16.3. The minimum Gasteiger partial charge on any atom is -0.368 e. The zero-order valence-corrected chi connectivity index (χ0v) is 25.6. The molecule has 8 atom stereocenters. The SMILES string of the molecule is CC1C2CC(C3C(=O)N(C[C@H]4CC4CN4CCN(c5cccc(Cl)c5Cl)CC4)C(=O)C23)C1N(C)C(=O)N1CCCC1. The quantitative estimate of drug-likeness (QED) is 0.458. The lowest BCUT2D eigenvalue weighted by Gasteiger charge is -2.40. The first kappa shape index (κ1) is 27.8. The Morgan fingerprint density at radius 2 is 1.56 bits per heavy atom. The van der Waals surface area contributed by atoms with Gasteiger partial charge >= 0.3 is 6.03 Å². The van der Waals surface area contributed by atoms with Crippen molar-refractivity contribution in [3.63, 3.8) is 0 Å². The van der Waals surface area contributed by atoms with Gasteiger partial charge in [-0.05, 0) is 67.4 Å². The number of likely N-dealkylation sites (tertiary alicyclic amines) is 2. The number of rotatable bonds is 6. The summed E-state index contributed by atoms with van der Waals surface area (Å²) in [6.07, 6.45) is 4.09. The molecule has 0 spiro atoms. The number of halogens is 2. The molecule has 6 fully saturated rings. The van der Waals surface area contributed by atoms with E-state index in [2.05, 4.69) is 16.7 Å². The van der Waals surface area contributed by atoms with Crippen molar-refractivity contribution in [1.29, 1.82) is 0 Å². The van der Waals surface area contributed by atoms with Gasteiger partial charge in [0.25, 0.3) is 0 Å².